The highest BCUT2D eigenvalue weighted by Crippen LogP contribution is 2.33. The van der Waals surface area contributed by atoms with Crippen molar-refractivity contribution in [2.45, 2.75) is 38.9 Å². The molecule has 5 nitrogen and oxygen atoms in total. The van der Waals surface area contributed by atoms with E-state index in [4.69, 9.17) is 10.5 Å². The predicted molar refractivity (Wildman–Crippen MR) is 85.7 cm³/mol. The molecule has 1 aliphatic heterocycles. The third kappa shape index (κ3) is 3.47. The van der Waals surface area contributed by atoms with Crippen molar-refractivity contribution in [3.63, 3.8) is 0 Å². The monoisotopic (exact) mass is 291 g/mol. The number of hydrogen-bond donors (Lipinski definition) is 2. The molecular formula is C16H25N3O2. The average molecular weight is 291 g/mol. The number of amides is 1. The maximum atomic E-state index is 12.1. The Kier molecular flexibility index (Phi) is 3.89. The van der Waals surface area contributed by atoms with Gasteiger partial charge in [-0.2, -0.15) is 0 Å². The van der Waals surface area contributed by atoms with Crippen LogP contribution in [0.25, 0.3) is 0 Å². The van der Waals surface area contributed by atoms with Crippen molar-refractivity contribution < 1.29 is 9.53 Å². The number of anilines is 2. The minimum absolute atomic E-state index is 0.105. The molecule has 3 N–H and O–H groups in total. The molecule has 0 bridgehead atoms. The Morgan fingerprint density at radius 3 is 2.33 bits per heavy atom. The Morgan fingerprint density at radius 1 is 1.24 bits per heavy atom. The Bertz CT molecular complexity index is 536. The van der Waals surface area contributed by atoms with Crippen molar-refractivity contribution in [2.24, 2.45) is 0 Å². The van der Waals surface area contributed by atoms with Crippen LogP contribution in [0.5, 0.6) is 0 Å². The predicted octanol–water partition coefficient (Wildman–Crippen LogP) is 2.02. The summed E-state index contributed by atoms with van der Waals surface area (Å²) in [5, 5.41) is 2.68. The van der Waals surface area contributed by atoms with Crippen LogP contribution in [0, 0.1) is 0 Å². The SMILES string of the molecule is CNC(=O)c1ccc(N)cc1N1CC(C)(C)OC(C)(C)C1. The lowest BCUT2D eigenvalue weighted by molar-refractivity contribution is -0.133. The first-order valence-electron chi connectivity index (χ1n) is 7.20. The van der Waals surface area contributed by atoms with Gasteiger partial charge in [-0.1, -0.05) is 0 Å². The molecule has 21 heavy (non-hydrogen) atoms. The molecule has 1 aromatic carbocycles. The molecule has 1 fully saturated rings. The number of nitrogens with two attached hydrogens (primary N) is 1. The lowest BCUT2D eigenvalue weighted by atomic mass is 9.97. The molecule has 1 aromatic rings. The minimum Gasteiger partial charge on any atom is -0.399 e. The molecule has 1 amide bonds. The summed E-state index contributed by atoms with van der Waals surface area (Å²) < 4.78 is 6.10. The second-order valence-electron chi connectivity index (χ2n) is 6.83. The van der Waals surface area contributed by atoms with Crippen LogP contribution in [0.15, 0.2) is 18.2 Å². The lowest BCUT2D eigenvalue weighted by Crippen LogP contribution is -2.57. The van der Waals surface area contributed by atoms with Crippen molar-refractivity contribution in [1.82, 2.24) is 5.32 Å². The van der Waals surface area contributed by atoms with Crippen molar-refractivity contribution in [3.8, 4) is 0 Å². The van der Waals surface area contributed by atoms with Crippen molar-refractivity contribution >= 4 is 17.3 Å². The molecule has 2 rings (SSSR count). The van der Waals surface area contributed by atoms with E-state index in [0.29, 0.717) is 24.3 Å². The van der Waals surface area contributed by atoms with Gasteiger partial charge in [0.2, 0.25) is 0 Å². The average Bonchev–Trinajstić information content (AvgIpc) is 2.34. The van der Waals surface area contributed by atoms with Gasteiger partial charge in [-0.25, -0.2) is 0 Å². The summed E-state index contributed by atoms with van der Waals surface area (Å²) in [4.78, 5) is 14.3. The highest BCUT2D eigenvalue weighted by atomic mass is 16.5. The van der Waals surface area contributed by atoms with Crippen LogP contribution in [-0.4, -0.2) is 37.2 Å². The van der Waals surface area contributed by atoms with Gasteiger partial charge in [-0.05, 0) is 45.9 Å². The number of ether oxygens (including phenoxy) is 1. The van der Waals surface area contributed by atoms with Crippen LogP contribution >= 0.6 is 0 Å². The van der Waals surface area contributed by atoms with Crippen LogP contribution in [0.1, 0.15) is 38.1 Å². The number of morpholine rings is 1. The van der Waals surface area contributed by atoms with E-state index >= 15 is 0 Å². The third-order valence-corrected chi connectivity index (χ3v) is 3.53. The summed E-state index contributed by atoms with van der Waals surface area (Å²) in [5.41, 5.74) is 7.50. The van der Waals surface area contributed by atoms with Gasteiger partial charge in [0.25, 0.3) is 5.91 Å². The number of carbonyl (C=O) groups is 1. The molecule has 0 unspecified atom stereocenters. The smallest absolute Gasteiger partial charge is 0.253 e. The second-order valence-corrected chi connectivity index (χ2v) is 6.83. The maximum absolute atomic E-state index is 12.1. The Morgan fingerprint density at radius 2 is 1.81 bits per heavy atom. The van der Waals surface area contributed by atoms with E-state index in [9.17, 15) is 4.79 Å². The first kappa shape index (κ1) is 15.6. The molecule has 5 heteroatoms. The van der Waals surface area contributed by atoms with Gasteiger partial charge in [-0.15, -0.1) is 0 Å². The van der Waals surface area contributed by atoms with Gasteiger partial charge in [0.1, 0.15) is 0 Å². The van der Waals surface area contributed by atoms with Crippen LogP contribution in [0.2, 0.25) is 0 Å². The molecule has 116 valence electrons. The van der Waals surface area contributed by atoms with E-state index in [1.165, 1.54) is 0 Å². The molecule has 1 aliphatic rings. The fraction of sp³-hybridized carbons (Fsp3) is 0.562. The highest BCUT2D eigenvalue weighted by Gasteiger charge is 2.39. The molecular weight excluding hydrogens is 266 g/mol. The molecule has 1 saturated heterocycles. The molecule has 0 aromatic heterocycles. The highest BCUT2D eigenvalue weighted by molar-refractivity contribution is 6.00. The molecule has 0 aliphatic carbocycles. The van der Waals surface area contributed by atoms with E-state index in [2.05, 4.69) is 37.9 Å². The molecule has 0 saturated carbocycles. The summed E-state index contributed by atoms with van der Waals surface area (Å²) >= 11 is 0. The molecule has 0 radical (unpaired) electrons. The number of nitrogens with one attached hydrogen (secondary N) is 1. The zero-order chi connectivity index (χ0) is 15.8. The van der Waals surface area contributed by atoms with Gasteiger partial charge >= 0.3 is 0 Å². The van der Waals surface area contributed by atoms with Crippen molar-refractivity contribution in [3.05, 3.63) is 23.8 Å². The maximum Gasteiger partial charge on any atom is 0.253 e. The topological polar surface area (TPSA) is 67.6 Å². The second kappa shape index (κ2) is 5.22. The van der Waals surface area contributed by atoms with E-state index in [1.54, 1.807) is 19.2 Å². The van der Waals surface area contributed by atoms with Crippen molar-refractivity contribution in [1.29, 1.82) is 0 Å². The van der Waals surface area contributed by atoms with E-state index in [0.717, 1.165) is 5.69 Å². The quantitative estimate of drug-likeness (QED) is 0.818. The number of nitrogen functional groups attached to an aromatic ring is 1. The summed E-state index contributed by atoms with van der Waals surface area (Å²) in [6.45, 7) is 9.67. The van der Waals surface area contributed by atoms with Gasteiger partial charge in [0.15, 0.2) is 0 Å². The summed E-state index contributed by atoms with van der Waals surface area (Å²) in [6.07, 6.45) is 0. The molecule has 1 heterocycles. The third-order valence-electron chi connectivity index (χ3n) is 3.53. The first-order chi connectivity index (χ1) is 9.63. The first-order valence-corrected chi connectivity index (χ1v) is 7.20. The van der Waals surface area contributed by atoms with E-state index in [-0.39, 0.29) is 17.1 Å². The largest absolute Gasteiger partial charge is 0.399 e. The number of rotatable bonds is 2. The van der Waals surface area contributed by atoms with Crippen LogP contribution in [0.3, 0.4) is 0 Å². The number of carbonyl (C=O) groups excluding carboxylic acids is 1. The summed E-state index contributed by atoms with van der Waals surface area (Å²) in [6, 6.07) is 5.39. The van der Waals surface area contributed by atoms with Gasteiger partial charge < -0.3 is 20.7 Å². The Labute approximate surface area is 126 Å². The van der Waals surface area contributed by atoms with Gasteiger partial charge in [0, 0.05) is 25.8 Å². The Balaban J connectivity index is 2.45. The van der Waals surface area contributed by atoms with Gasteiger partial charge in [0.05, 0.1) is 22.5 Å². The standard InChI is InChI=1S/C16H25N3O2/c1-15(2)9-19(10-16(3,4)21-15)13-8-11(17)6-7-12(13)14(20)18-5/h6-8H,9-10,17H2,1-5H3,(H,18,20). The number of benzene rings is 1. The van der Waals surface area contributed by atoms with E-state index in [1.807, 2.05) is 6.07 Å². The Hall–Kier alpha value is -1.75. The lowest BCUT2D eigenvalue weighted by Gasteiger charge is -2.48. The van der Waals surface area contributed by atoms with Crippen LogP contribution < -0.4 is 16.0 Å². The fourth-order valence-electron chi connectivity index (χ4n) is 3.10. The molecule has 0 atom stereocenters. The van der Waals surface area contributed by atoms with Crippen LogP contribution in [0.4, 0.5) is 11.4 Å². The summed E-state index contributed by atoms with van der Waals surface area (Å²) in [5.74, 6) is -0.105. The van der Waals surface area contributed by atoms with Gasteiger partial charge in [-0.3, -0.25) is 4.79 Å². The van der Waals surface area contributed by atoms with Crippen molar-refractivity contribution in [2.75, 3.05) is 30.8 Å². The molecule has 0 spiro atoms. The van der Waals surface area contributed by atoms with Crippen LogP contribution in [-0.2, 0) is 4.74 Å². The van der Waals surface area contributed by atoms with E-state index < -0.39 is 0 Å². The number of hydrogen-bond acceptors (Lipinski definition) is 4. The fourth-order valence-corrected chi connectivity index (χ4v) is 3.10. The minimum atomic E-state index is -0.285. The number of nitrogens with zero attached hydrogens (tertiary/aromatic N) is 1. The summed E-state index contributed by atoms with van der Waals surface area (Å²) in [7, 11) is 1.63. The zero-order valence-electron chi connectivity index (χ0n) is 13.5. The normalized spacial score (nSPS) is 20.1. The zero-order valence-corrected chi connectivity index (χ0v) is 13.5.